The lowest BCUT2D eigenvalue weighted by Gasteiger charge is -2.30. The molecular weight excluding hydrogens is 408 g/mol. The molecule has 0 bridgehead atoms. The van der Waals surface area contributed by atoms with Crippen molar-refractivity contribution in [2.24, 2.45) is 5.41 Å². The van der Waals surface area contributed by atoms with Gasteiger partial charge >= 0.3 is 5.97 Å². The summed E-state index contributed by atoms with van der Waals surface area (Å²) in [6.45, 7) is 8.26. The van der Waals surface area contributed by atoms with Crippen molar-refractivity contribution >= 4 is 17.7 Å². The first kappa shape index (κ1) is 22.3. The number of morpholine rings is 1. The number of carbonyl (C=O) groups excluding carboxylic acids is 2. The van der Waals surface area contributed by atoms with Crippen LogP contribution in [0.2, 0.25) is 0 Å². The molecule has 32 heavy (non-hydrogen) atoms. The van der Waals surface area contributed by atoms with Crippen molar-refractivity contribution in [2.45, 2.75) is 46.6 Å². The molecule has 0 atom stereocenters. The van der Waals surface area contributed by atoms with Gasteiger partial charge in [0.25, 0.3) is 5.91 Å². The fourth-order valence-electron chi connectivity index (χ4n) is 4.87. The van der Waals surface area contributed by atoms with Crippen molar-refractivity contribution in [3.05, 3.63) is 57.9 Å². The van der Waals surface area contributed by atoms with Crippen LogP contribution in [0.15, 0.2) is 24.3 Å². The molecule has 7 heteroatoms. The van der Waals surface area contributed by atoms with Crippen LogP contribution in [0.3, 0.4) is 0 Å². The van der Waals surface area contributed by atoms with Crippen molar-refractivity contribution in [1.29, 1.82) is 0 Å². The van der Waals surface area contributed by atoms with Crippen LogP contribution < -0.4 is 0 Å². The summed E-state index contributed by atoms with van der Waals surface area (Å²) in [7, 11) is 0. The zero-order chi connectivity index (χ0) is 23.0. The highest BCUT2D eigenvalue weighted by Crippen LogP contribution is 2.39. The van der Waals surface area contributed by atoms with Crippen molar-refractivity contribution < 1.29 is 24.2 Å². The zero-order valence-corrected chi connectivity index (χ0v) is 18.9. The van der Waals surface area contributed by atoms with Gasteiger partial charge in [0.05, 0.1) is 13.2 Å². The minimum atomic E-state index is -0.916. The number of hydrogen-bond donors (Lipinski definition) is 1. The number of aromatic nitrogens is 1. The summed E-state index contributed by atoms with van der Waals surface area (Å²) < 4.78 is 7.09. The third-order valence-corrected chi connectivity index (χ3v) is 6.65. The zero-order valence-electron chi connectivity index (χ0n) is 18.9. The summed E-state index contributed by atoms with van der Waals surface area (Å²) in [4.78, 5) is 39.5. The summed E-state index contributed by atoms with van der Waals surface area (Å²) >= 11 is 0. The highest BCUT2D eigenvalue weighted by atomic mass is 16.5. The number of hydrogen-bond acceptors (Lipinski definition) is 4. The van der Waals surface area contributed by atoms with Crippen LogP contribution in [0.25, 0.3) is 0 Å². The van der Waals surface area contributed by atoms with Crippen molar-refractivity contribution in [3.8, 4) is 0 Å². The number of carboxylic acid groups (broad SMARTS) is 1. The standard InChI is InChI=1S/C25H30N2O5/c1-16-22(19-14-25(2,3)9-8-20(19)27(16)15-21(28)29)23(30)17-4-6-18(7-5-17)24(31)26-10-12-32-13-11-26/h4-7H,8-15H2,1-3H3,(H,28,29). The van der Waals surface area contributed by atoms with Gasteiger partial charge in [-0.05, 0) is 49.3 Å². The summed E-state index contributed by atoms with van der Waals surface area (Å²) in [6.07, 6.45) is 2.45. The lowest BCUT2D eigenvalue weighted by Crippen LogP contribution is -2.40. The molecule has 7 nitrogen and oxygen atoms in total. The molecule has 1 saturated heterocycles. The fraction of sp³-hybridized carbons (Fsp3) is 0.480. The first-order valence-electron chi connectivity index (χ1n) is 11.1. The van der Waals surface area contributed by atoms with E-state index >= 15 is 0 Å². The third-order valence-electron chi connectivity index (χ3n) is 6.65. The quantitative estimate of drug-likeness (QED) is 0.725. The monoisotopic (exact) mass is 438 g/mol. The summed E-state index contributed by atoms with van der Waals surface area (Å²) in [5.41, 5.74) is 4.36. The van der Waals surface area contributed by atoms with Crippen molar-refractivity contribution in [3.63, 3.8) is 0 Å². The maximum absolute atomic E-state index is 13.6. The molecule has 1 aliphatic carbocycles. The molecule has 1 aromatic carbocycles. The Morgan fingerprint density at radius 3 is 2.31 bits per heavy atom. The largest absolute Gasteiger partial charge is 0.480 e. The van der Waals surface area contributed by atoms with Crippen LogP contribution >= 0.6 is 0 Å². The highest BCUT2D eigenvalue weighted by Gasteiger charge is 2.34. The van der Waals surface area contributed by atoms with E-state index in [4.69, 9.17) is 4.74 Å². The van der Waals surface area contributed by atoms with Gasteiger partial charge in [-0.2, -0.15) is 0 Å². The molecule has 2 heterocycles. The van der Waals surface area contributed by atoms with Crippen molar-refractivity contribution in [2.75, 3.05) is 26.3 Å². The molecule has 1 amide bonds. The normalized spacial score (nSPS) is 17.7. The first-order valence-corrected chi connectivity index (χ1v) is 11.1. The Bertz CT molecular complexity index is 1060. The molecular formula is C25H30N2O5. The van der Waals surface area contributed by atoms with Gasteiger partial charge in [-0.15, -0.1) is 0 Å². The number of benzene rings is 1. The van der Waals surface area contributed by atoms with Crippen LogP contribution in [-0.2, 0) is 28.9 Å². The smallest absolute Gasteiger partial charge is 0.323 e. The molecule has 2 aliphatic rings. The average Bonchev–Trinajstić information content (AvgIpc) is 3.02. The maximum Gasteiger partial charge on any atom is 0.323 e. The van der Waals surface area contributed by atoms with E-state index in [9.17, 15) is 19.5 Å². The van der Waals surface area contributed by atoms with Gasteiger partial charge in [-0.25, -0.2) is 0 Å². The Morgan fingerprint density at radius 2 is 1.69 bits per heavy atom. The molecule has 0 unspecified atom stereocenters. The molecule has 0 radical (unpaired) electrons. The number of amides is 1. The Balaban J connectivity index is 1.66. The molecule has 170 valence electrons. The number of ketones is 1. The molecule has 1 fully saturated rings. The number of aliphatic carboxylic acids is 1. The number of fused-ring (bicyclic) bond motifs is 1. The van der Waals surface area contributed by atoms with E-state index in [1.807, 2.05) is 6.92 Å². The molecule has 2 aromatic rings. The fourth-order valence-corrected chi connectivity index (χ4v) is 4.87. The van der Waals surface area contributed by atoms with E-state index in [-0.39, 0.29) is 23.7 Å². The van der Waals surface area contributed by atoms with Crippen LogP contribution in [0.4, 0.5) is 0 Å². The minimum Gasteiger partial charge on any atom is -0.480 e. The number of ether oxygens (including phenoxy) is 1. The van der Waals surface area contributed by atoms with E-state index in [2.05, 4.69) is 13.8 Å². The van der Waals surface area contributed by atoms with Gasteiger partial charge in [0.1, 0.15) is 6.54 Å². The second-order valence-corrected chi connectivity index (χ2v) is 9.52. The molecule has 1 aromatic heterocycles. The van der Waals surface area contributed by atoms with Crippen LogP contribution in [0.1, 0.15) is 63.5 Å². The van der Waals surface area contributed by atoms with E-state index in [1.165, 1.54) is 0 Å². The number of nitrogens with zero attached hydrogens (tertiary/aromatic N) is 2. The van der Waals surface area contributed by atoms with Crippen LogP contribution in [0.5, 0.6) is 0 Å². The summed E-state index contributed by atoms with van der Waals surface area (Å²) in [5.74, 6) is -1.10. The van der Waals surface area contributed by atoms with Gasteiger partial charge in [0, 0.05) is 41.2 Å². The molecule has 4 rings (SSSR count). The lowest BCUT2D eigenvalue weighted by molar-refractivity contribution is -0.137. The van der Waals surface area contributed by atoms with E-state index in [1.54, 1.807) is 33.7 Å². The molecule has 1 aliphatic heterocycles. The second kappa shape index (κ2) is 8.54. The lowest BCUT2D eigenvalue weighted by atomic mass is 9.75. The predicted octanol–water partition coefficient (Wildman–Crippen LogP) is 3.10. The van der Waals surface area contributed by atoms with Gasteiger partial charge < -0.3 is 19.3 Å². The highest BCUT2D eigenvalue weighted by molar-refractivity contribution is 6.11. The minimum absolute atomic E-state index is 0.0539. The maximum atomic E-state index is 13.6. The molecule has 1 N–H and O–H groups in total. The SMILES string of the molecule is Cc1c(C(=O)c2ccc(C(=O)N3CCOCC3)cc2)c2c(n1CC(=O)O)CCC(C)(C)C2. The number of carbonyl (C=O) groups is 3. The van der Waals surface area contributed by atoms with E-state index in [0.717, 1.165) is 30.5 Å². The topological polar surface area (TPSA) is 88.8 Å². The van der Waals surface area contributed by atoms with Crippen LogP contribution in [0, 0.1) is 12.3 Å². The Morgan fingerprint density at radius 1 is 1.06 bits per heavy atom. The Kier molecular flexibility index (Phi) is 5.95. The third kappa shape index (κ3) is 4.21. The molecule has 0 spiro atoms. The molecule has 0 saturated carbocycles. The van der Waals surface area contributed by atoms with Gasteiger partial charge in [0.15, 0.2) is 5.78 Å². The number of rotatable bonds is 5. The summed E-state index contributed by atoms with van der Waals surface area (Å²) in [5, 5.41) is 9.40. The van der Waals surface area contributed by atoms with Crippen molar-refractivity contribution in [1.82, 2.24) is 9.47 Å². The first-order chi connectivity index (χ1) is 15.2. The predicted molar refractivity (Wildman–Crippen MR) is 119 cm³/mol. The Labute approximate surface area is 188 Å². The van der Waals surface area contributed by atoms with E-state index < -0.39 is 5.97 Å². The van der Waals surface area contributed by atoms with E-state index in [0.29, 0.717) is 48.7 Å². The average molecular weight is 439 g/mol. The van der Waals surface area contributed by atoms with Gasteiger partial charge in [-0.3, -0.25) is 14.4 Å². The second-order valence-electron chi connectivity index (χ2n) is 9.52. The van der Waals surface area contributed by atoms with Gasteiger partial charge in [-0.1, -0.05) is 26.0 Å². The number of carboxylic acids is 1. The summed E-state index contributed by atoms with van der Waals surface area (Å²) in [6, 6.07) is 6.80. The Hall–Kier alpha value is -2.93. The van der Waals surface area contributed by atoms with Crippen LogP contribution in [-0.4, -0.2) is 58.5 Å². The van der Waals surface area contributed by atoms with Gasteiger partial charge in [0.2, 0.25) is 0 Å².